The van der Waals surface area contributed by atoms with Gasteiger partial charge in [-0.05, 0) is 36.8 Å². The van der Waals surface area contributed by atoms with E-state index < -0.39 is 0 Å². The first-order valence-electron chi connectivity index (χ1n) is 7.91. The molecule has 3 aromatic heterocycles. The quantitative estimate of drug-likeness (QED) is 0.552. The zero-order chi connectivity index (χ0) is 17.6. The minimum absolute atomic E-state index is 0.209. The molecule has 3 aromatic rings. The zero-order valence-corrected chi connectivity index (χ0v) is 14.2. The lowest BCUT2D eigenvalue weighted by Gasteiger charge is -2.07. The van der Waals surface area contributed by atoms with Crippen LogP contribution in [0, 0.1) is 6.92 Å². The average molecular weight is 337 g/mol. The second-order valence-corrected chi connectivity index (χ2v) is 5.48. The molecule has 1 N–H and O–H groups in total. The average Bonchev–Trinajstić information content (AvgIpc) is 3.00. The molecule has 0 aromatic carbocycles. The Labute approximate surface area is 145 Å². The number of ether oxygens (including phenoxy) is 2. The summed E-state index contributed by atoms with van der Waals surface area (Å²) in [6.45, 7) is 2.47. The van der Waals surface area contributed by atoms with Gasteiger partial charge in [-0.3, -0.25) is 9.97 Å². The Morgan fingerprint density at radius 3 is 2.08 bits per heavy atom. The molecule has 3 heterocycles. The minimum Gasteiger partial charge on any atom is -0.460 e. The molecule has 0 amide bonds. The van der Waals surface area contributed by atoms with Gasteiger partial charge in [-0.15, -0.1) is 0 Å². The lowest BCUT2D eigenvalue weighted by atomic mass is 10.0. The summed E-state index contributed by atoms with van der Waals surface area (Å²) in [6, 6.07) is 7.51. The van der Waals surface area contributed by atoms with Crippen LogP contribution >= 0.6 is 0 Å². The normalized spacial score (nSPS) is 10.6. The number of esters is 1. The molecule has 25 heavy (non-hydrogen) atoms. The van der Waals surface area contributed by atoms with Gasteiger partial charge in [0.05, 0.1) is 17.9 Å². The van der Waals surface area contributed by atoms with E-state index in [1.54, 1.807) is 31.9 Å². The summed E-state index contributed by atoms with van der Waals surface area (Å²) in [7, 11) is 1.57. The van der Waals surface area contributed by atoms with Gasteiger partial charge in [-0.25, -0.2) is 4.79 Å². The third-order valence-electron chi connectivity index (χ3n) is 3.91. The topological polar surface area (TPSA) is 77.1 Å². The van der Waals surface area contributed by atoms with Gasteiger partial charge < -0.3 is 14.5 Å². The molecule has 3 rings (SSSR count). The van der Waals surface area contributed by atoms with Gasteiger partial charge in [0, 0.05) is 48.7 Å². The summed E-state index contributed by atoms with van der Waals surface area (Å²) < 4.78 is 10.3. The minimum atomic E-state index is -0.377. The molecule has 0 atom stereocenters. The number of carbonyl (C=O) groups is 1. The number of methoxy groups -OCH3 is 1. The van der Waals surface area contributed by atoms with Crippen LogP contribution in [0.3, 0.4) is 0 Å². The molecular weight excluding hydrogens is 318 g/mol. The summed E-state index contributed by atoms with van der Waals surface area (Å²) in [5.74, 6) is -0.377. The van der Waals surface area contributed by atoms with Crippen molar-refractivity contribution in [3.05, 3.63) is 60.2 Å². The number of nitrogens with one attached hydrogen (secondary N) is 1. The number of hydrogen-bond acceptors (Lipinski definition) is 5. The Bertz CT molecular complexity index is 845. The smallest absolute Gasteiger partial charge is 0.340 e. The number of hydrogen-bond donors (Lipinski definition) is 1. The maximum atomic E-state index is 12.7. The van der Waals surface area contributed by atoms with Crippen molar-refractivity contribution in [2.24, 2.45) is 0 Å². The van der Waals surface area contributed by atoms with Crippen LogP contribution in [0.15, 0.2) is 49.1 Å². The SMILES string of the molecule is COCCOC(=O)c1c(-c2ccncc2)[nH]c(-c2ccncc2)c1C. The van der Waals surface area contributed by atoms with Crippen molar-refractivity contribution in [3.63, 3.8) is 0 Å². The summed E-state index contributed by atoms with van der Waals surface area (Å²) in [4.78, 5) is 24.1. The Hall–Kier alpha value is -2.99. The van der Waals surface area contributed by atoms with E-state index in [1.165, 1.54) is 0 Å². The van der Waals surface area contributed by atoms with Crippen molar-refractivity contribution in [1.29, 1.82) is 0 Å². The molecular formula is C19H19N3O3. The number of aromatic nitrogens is 3. The van der Waals surface area contributed by atoms with Crippen LogP contribution in [-0.4, -0.2) is 41.2 Å². The summed E-state index contributed by atoms with van der Waals surface area (Å²) in [6.07, 6.45) is 6.83. The van der Waals surface area contributed by atoms with Crippen LogP contribution in [-0.2, 0) is 9.47 Å². The molecule has 0 fully saturated rings. The summed E-state index contributed by atoms with van der Waals surface area (Å²) >= 11 is 0. The number of pyridine rings is 2. The maximum absolute atomic E-state index is 12.7. The highest BCUT2D eigenvalue weighted by Gasteiger charge is 2.23. The van der Waals surface area contributed by atoms with Crippen LogP contribution in [0.2, 0.25) is 0 Å². The molecule has 0 aliphatic heterocycles. The van der Waals surface area contributed by atoms with E-state index in [9.17, 15) is 4.79 Å². The van der Waals surface area contributed by atoms with E-state index >= 15 is 0 Å². The first kappa shape index (κ1) is 16.9. The molecule has 0 aliphatic carbocycles. The first-order chi connectivity index (χ1) is 12.2. The van der Waals surface area contributed by atoms with Gasteiger partial charge in [-0.1, -0.05) is 0 Å². The number of nitrogens with zero attached hydrogens (tertiary/aromatic N) is 2. The van der Waals surface area contributed by atoms with Crippen molar-refractivity contribution < 1.29 is 14.3 Å². The monoisotopic (exact) mass is 337 g/mol. The molecule has 0 saturated carbocycles. The van der Waals surface area contributed by atoms with E-state index in [-0.39, 0.29) is 12.6 Å². The fraction of sp³-hybridized carbons (Fsp3) is 0.211. The Balaban J connectivity index is 2.08. The van der Waals surface area contributed by atoms with Crippen molar-refractivity contribution in [2.75, 3.05) is 20.3 Å². The molecule has 0 saturated heterocycles. The highest BCUT2D eigenvalue weighted by Crippen LogP contribution is 2.33. The molecule has 0 bridgehead atoms. The second kappa shape index (κ2) is 7.72. The standard InChI is InChI=1S/C19H19N3O3/c1-13-16(19(23)25-12-11-24-2)18(15-5-9-21-10-6-15)22-17(13)14-3-7-20-8-4-14/h3-10,22H,11-12H2,1-2H3. The fourth-order valence-electron chi connectivity index (χ4n) is 2.68. The van der Waals surface area contributed by atoms with Gasteiger partial charge in [0.25, 0.3) is 0 Å². The molecule has 0 unspecified atom stereocenters. The Morgan fingerprint density at radius 1 is 0.960 bits per heavy atom. The van der Waals surface area contributed by atoms with Crippen LogP contribution in [0.5, 0.6) is 0 Å². The van der Waals surface area contributed by atoms with Gasteiger partial charge in [0.1, 0.15) is 6.61 Å². The molecule has 0 spiro atoms. The van der Waals surface area contributed by atoms with E-state index in [1.807, 2.05) is 31.2 Å². The highest BCUT2D eigenvalue weighted by molar-refractivity contribution is 6.00. The van der Waals surface area contributed by atoms with Gasteiger partial charge in [-0.2, -0.15) is 0 Å². The Morgan fingerprint density at radius 2 is 1.52 bits per heavy atom. The molecule has 0 radical (unpaired) electrons. The zero-order valence-electron chi connectivity index (χ0n) is 14.2. The predicted molar refractivity (Wildman–Crippen MR) is 94.2 cm³/mol. The molecule has 128 valence electrons. The van der Waals surface area contributed by atoms with Crippen LogP contribution in [0.1, 0.15) is 15.9 Å². The number of aromatic amines is 1. The van der Waals surface area contributed by atoms with E-state index in [0.717, 1.165) is 22.4 Å². The summed E-state index contributed by atoms with van der Waals surface area (Å²) in [5.41, 5.74) is 4.77. The lowest BCUT2D eigenvalue weighted by molar-refractivity contribution is 0.0388. The number of rotatable bonds is 6. The highest BCUT2D eigenvalue weighted by atomic mass is 16.6. The fourth-order valence-corrected chi connectivity index (χ4v) is 2.68. The van der Waals surface area contributed by atoms with Crippen LogP contribution in [0.25, 0.3) is 22.5 Å². The van der Waals surface area contributed by atoms with E-state index in [4.69, 9.17) is 9.47 Å². The Kier molecular flexibility index (Phi) is 5.20. The van der Waals surface area contributed by atoms with Gasteiger partial charge in [0.15, 0.2) is 0 Å². The van der Waals surface area contributed by atoms with Crippen molar-refractivity contribution >= 4 is 5.97 Å². The largest absolute Gasteiger partial charge is 0.460 e. The van der Waals surface area contributed by atoms with Crippen LogP contribution < -0.4 is 0 Å². The van der Waals surface area contributed by atoms with Gasteiger partial charge >= 0.3 is 5.97 Å². The van der Waals surface area contributed by atoms with Gasteiger partial charge in [0.2, 0.25) is 0 Å². The predicted octanol–water partition coefficient (Wildman–Crippen LogP) is 3.25. The third-order valence-corrected chi connectivity index (χ3v) is 3.91. The maximum Gasteiger partial charge on any atom is 0.340 e. The van der Waals surface area contributed by atoms with Crippen molar-refractivity contribution in [3.8, 4) is 22.5 Å². The van der Waals surface area contributed by atoms with E-state index in [2.05, 4.69) is 15.0 Å². The number of carbonyl (C=O) groups excluding carboxylic acids is 1. The van der Waals surface area contributed by atoms with Crippen molar-refractivity contribution in [1.82, 2.24) is 15.0 Å². The van der Waals surface area contributed by atoms with Crippen LogP contribution in [0.4, 0.5) is 0 Å². The second-order valence-electron chi connectivity index (χ2n) is 5.48. The van der Waals surface area contributed by atoms with Crippen molar-refractivity contribution in [2.45, 2.75) is 6.92 Å². The summed E-state index contributed by atoms with van der Waals surface area (Å²) in [5, 5.41) is 0. The molecule has 0 aliphatic rings. The first-order valence-corrected chi connectivity index (χ1v) is 7.91. The number of H-pyrrole nitrogens is 1. The molecule has 6 heteroatoms. The third kappa shape index (κ3) is 3.59. The molecule has 6 nitrogen and oxygen atoms in total. The lowest BCUT2D eigenvalue weighted by Crippen LogP contribution is -2.11. The van der Waals surface area contributed by atoms with E-state index in [0.29, 0.717) is 17.9 Å².